The second-order valence-electron chi connectivity index (χ2n) is 6.15. The predicted octanol–water partition coefficient (Wildman–Crippen LogP) is 2.46. The number of hydrogen-bond acceptors (Lipinski definition) is 5. The van der Waals surface area contributed by atoms with Crippen molar-refractivity contribution in [3.63, 3.8) is 0 Å². The second-order valence-corrected chi connectivity index (χ2v) is 6.15. The van der Waals surface area contributed by atoms with Crippen molar-refractivity contribution in [3.8, 4) is 22.8 Å². The third kappa shape index (κ3) is 3.85. The minimum Gasteiger partial charge on any atom is -0.486 e. The van der Waals surface area contributed by atoms with Crippen molar-refractivity contribution in [2.75, 3.05) is 18.5 Å². The summed E-state index contributed by atoms with van der Waals surface area (Å²) >= 11 is 0. The van der Waals surface area contributed by atoms with E-state index in [1.807, 2.05) is 0 Å². The molecule has 2 heterocycles. The van der Waals surface area contributed by atoms with Crippen LogP contribution in [0.15, 0.2) is 59.7 Å². The van der Waals surface area contributed by atoms with Crippen LogP contribution >= 0.6 is 0 Å². The van der Waals surface area contributed by atoms with Crippen molar-refractivity contribution >= 4 is 11.6 Å². The number of anilines is 1. The Kier molecular flexibility index (Phi) is 4.76. The van der Waals surface area contributed by atoms with Gasteiger partial charge in [-0.2, -0.15) is 0 Å². The Labute approximate surface area is 159 Å². The van der Waals surface area contributed by atoms with E-state index < -0.39 is 0 Å². The Morgan fingerprint density at radius 2 is 1.82 bits per heavy atom. The number of nitrogens with one attached hydrogen (secondary N) is 1. The van der Waals surface area contributed by atoms with Gasteiger partial charge in [-0.3, -0.25) is 14.2 Å². The van der Waals surface area contributed by atoms with E-state index >= 15 is 0 Å². The van der Waals surface area contributed by atoms with Crippen LogP contribution in [0.25, 0.3) is 11.3 Å². The topological polar surface area (TPSA) is 82.5 Å². The molecule has 0 bridgehead atoms. The molecule has 7 nitrogen and oxygen atoms in total. The number of carbonyl (C=O) groups is 1. The predicted molar refractivity (Wildman–Crippen MR) is 100.0 cm³/mol. The Morgan fingerprint density at radius 1 is 1.07 bits per heavy atom. The van der Waals surface area contributed by atoms with Gasteiger partial charge in [-0.05, 0) is 36.4 Å². The fraction of sp³-hybridized carbons (Fsp3) is 0.150. The summed E-state index contributed by atoms with van der Waals surface area (Å²) in [6, 6.07) is 12.1. The number of fused-ring (bicyclic) bond motifs is 1. The fourth-order valence-corrected chi connectivity index (χ4v) is 2.80. The van der Waals surface area contributed by atoms with Crippen LogP contribution in [0.1, 0.15) is 0 Å². The van der Waals surface area contributed by atoms with E-state index in [2.05, 4.69) is 10.3 Å². The van der Waals surface area contributed by atoms with E-state index in [1.54, 1.807) is 18.2 Å². The van der Waals surface area contributed by atoms with Crippen LogP contribution in [0.5, 0.6) is 11.5 Å². The fourth-order valence-electron chi connectivity index (χ4n) is 2.80. The quantitative estimate of drug-likeness (QED) is 0.751. The molecular weight excluding hydrogens is 365 g/mol. The molecule has 0 saturated carbocycles. The Hall–Kier alpha value is -3.68. The first-order valence-electron chi connectivity index (χ1n) is 8.60. The minimum absolute atomic E-state index is 0.191. The van der Waals surface area contributed by atoms with Gasteiger partial charge in [0.25, 0.3) is 5.56 Å². The average molecular weight is 381 g/mol. The average Bonchev–Trinajstić information content (AvgIpc) is 2.70. The van der Waals surface area contributed by atoms with Crippen LogP contribution in [-0.4, -0.2) is 28.7 Å². The molecule has 8 heteroatoms. The number of halogens is 1. The molecule has 1 aliphatic heterocycles. The van der Waals surface area contributed by atoms with E-state index in [1.165, 1.54) is 41.2 Å². The maximum absolute atomic E-state index is 13.0. The lowest BCUT2D eigenvalue weighted by Crippen LogP contribution is -2.27. The molecule has 4 rings (SSSR count). The Balaban J connectivity index is 1.46. The van der Waals surface area contributed by atoms with E-state index in [0.717, 1.165) is 0 Å². The molecule has 1 aliphatic rings. The molecule has 1 aromatic heterocycles. The molecule has 2 aromatic carbocycles. The zero-order valence-electron chi connectivity index (χ0n) is 14.7. The van der Waals surface area contributed by atoms with Gasteiger partial charge in [-0.25, -0.2) is 9.37 Å². The number of ether oxygens (including phenoxy) is 2. The van der Waals surface area contributed by atoms with Crippen LogP contribution in [0.4, 0.5) is 10.1 Å². The van der Waals surface area contributed by atoms with E-state index in [-0.39, 0.29) is 23.8 Å². The van der Waals surface area contributed by atoms with E-state index in [0.29, 0.717) is 41.7 Å². The highest BCUT2D eigenvalue weighted by atomic mass is 19.1. The van der Waals surface area contributed by atoms with Crippen LogP contribution in [-0.2, 0) is 11.3 Å². The summed E-state index contributed by atoms with van der Waals surface area (Å²) in [4.78, 5) is 28.8. The number of benzene rings is 2. The summed E-state index contributed by atoms with van der Waals surface area (Å²) in [5.74, 6) is 0.440. The standard InChI is InChI=1S/C20H16FN3O4/c21-14-3-1-13(2-4-14)16-10-20(26)24(12-22-16)11-19(25)23-15-5-6-17-18(9-15)28-8-7-27-17/h1-6,9-10,12H,7-8,11H2,(H,23,25). The van der Waals surface area contributed by atoms with Gasteiger partial charge in [0.1, 0.15) is 25.6 Å². The molecule has 0 radical (unpaired) electrons. The van der Waals surface area contributed by atoms with Crippen molar-refractivity contribution in [1.29, 1.82) is 0 Å². The first kappa shape index (κ1) is 17.7. The highest BCUT2D eigenvalue weighted by Gasteiger charge is 2.13. The molecule has 0 spiro atoms. The maximum atomic E-state index is 13.0. The van der Waals surface area contributed by atoms with E-state index in [9.17, 15) is 14.0 Å². The zero-order chi connectivity index (χ0) is 19.5. The normalized spacial score (nSPS) is 12.5. The van der Waals surface area contributed by atoms with E-state index in [4.69, 9.17) is 9.47 Å². The number of hydrogen-bond donors (Lipinski definition) is 1. The molecular formula is C20H16FN3O4. The largest absolute Gasteiger partial charge is 0.486 e. The SMILES string of the molecule is O=C(Cn1cnc(-c2ccc(F)cc2)cc1=O)Nc1ccc2c(c1)OCCO2. The zero-order valence-corrected chi connectivity index (χ0v) is 14.7. The van der Waals surface area contributed by atoms with Gasteiger partial charge in [0.2, 0.25) is 5.91 Å². The summed E-state index contributed by atoms with van der Waals surface area (Å²) in [6.45, 7) is 0.748. The molecule has 1 N–H and O–H groups in total. The molecule has 0 unspecified atom stereocenters. The summed E-state index contributed by atoms with van der Waals surface area (Å²) < 4.78 is 25.1. The van der Waals surface area contributed by atoms with Gasteiger partial charge in [0.15, 0.2) is 11.5 Å². The molecule has 28 heavy (non-hydrogen) atoms. The highest BCUT2D eigenvalue weighted by Crippen LogP contribution is 2.32. The first-order valence-corrected chi connectivity index (χ1v) is 8.60. The van der Waals surface area contributed by atoms with Gasteiger partial charge in [0.05, 0.1) is 12.0 Å². The van der Waals surface area contributed by atoms with Gasteiger partial charge in [-0.1, -0.05) is 0 Å². The van der Waals surface area contributed by atoms with Crippen LogP contribution < -0.4 is 20.3 Å². The van der Waals surface area contributed by atoms with Crippen LogP contribution in [0.2, 0.25) is 0 Å². The lowest BCUT2D eigenvalue weighted by Gasteiger charge is -2.19. The van der Waals surface area contributed by atoms with Crippen molar-refractivity contribution < 1.29 is 18.7 Å². The van der Waals surface area contributed by atoms with Crippen molar-refractivity contribution in [3.05, 3.63) is 71.0 Å². The summed E-state index contributed by atoms with van der Waals surface area (Å²) in [5, 5.41) is 2.72. The van der Waals surface area contributed by atoms with Crippen molar-refractivity contribution in [2.45, 2.75) is 6.54 Å². The highest BCUT2D eigenvalue weighted by molar-refractivity contribution is 5.91. The molecule has 0 aliphatic carbocycles. The molecule has 1 amide bonds. The van der Waals surface area contributed by atoms with Gasteiger partial charge in [0, 0.05) is 23.4 Å². The lowest BCUT2D eigenvalue weighted by molar-refractivity contribution is -0.116. The Bertz CT molecular complexity index is 1080. The number of rotatable bonds is 4. The number of amides is 1. The monoisotopic (exact) mass is 381 g/mol. The smallest absolute Gasteiger partial charge is 0.254 e. The molecule has 0 fully saturated rings. The van der Waals surface area contributed by atoms with Gasteiger partial charge < -0.3 is 14.8 Å². The Morgan fingerprint density at radius 3 is 2.57 bits per heavy atom. The third-order valence-corrected chi connectivity index (χ3v) is 4.16. The minimum atomic E-state index is -0.383. The summed E-state index contributed by atoms with van der Waals surface area (Å²) in [5.41, 5.74) is 1.18. The second kappa shape index (κ2) is 7.51. The van der Waals surface area contributed by atoms with Crippen molar-refractivity contribution in [1.82, 2.24) is 9.55 Å². The van der Waals surface area contributed by atoms with Crippen LogP contribution in [0, 0.1) is 5.82 Å². The lowest BCUT2D eigenvalue weighted by atomic mass is 10.1. The maximum Gasteiger partial charge on any atom is 0.254 e. The summed E-state index contributed by atoms with van der Waals surface area (Å²) in [7, 11) is 0. The van der Waals surface area contributed by atoms with Gasteiger partial charge in [-0.15, -0.1) is 0 Å². The molecule has 0 saturated heterocycles. The third-order valence-electron chi connectivity index (χ3n) is 4.16. The van der Waals surface area contributed by atoms with Gasteiger partial charge >= 0.3 is 0 Å². The molecule has 3 aromatic rings. The molecule has 142 valence electrons. The number of nitrogens with zero attached hydrogens (tertiary/aromatic N) is 2. The molecule has 0 atom stereocenters. The first-order chi connectivity index (χ1) is 13.6. The number of carbonyl (C=O) groups excluding carboxylic acids is 1. The van der Waals surface area contributed by atoms with Crippen LogP contribution in [0.3, 0.4) is 0 Å². The number of aromatic nitrogens is 2. The van der Waals surface area contributed by atoms with Crippen molar-refractivity contribution in [2.24, 2.45) is 0 Å². The summed E-state index contributed by atoms with van der Waals surface area (Å²) in [6.07, 6.45) is 1.30.